The lowest BCUT2D eigenvalue weighted by molar-refractivity contribution is 0.100. The summed E-state index contributed by atoms with van der Waals surface area (Å²) in [6.07, 6.45) is 2.36. The molecule has 3 rings (SSSR count). The van der Waals surface area contributed by atoms with Gasteiger partial charge in [0, 0.05) is 11.1 Å². The van der Waals surface area contributed by atoms with Gasteiger partial charge in [-0.1, -0.05) is 12.1 Å². The Kier molecular flexibility index (Phi) is 6.64. The Hall–Kier alpha value is -3.07. The number of ether oxygens (including phenoxy) is 1. The molecule has 2 aromatic rings. The van der Waals surface area contributed by atoms with E-state index in [0.29, 0.717) is 36.4 Å². The maximum Gasteiger partial charge on any atom is 0.350 e. The van der Waals surface area contributed by atoms with Gasteiger partial charge in [-0.2, -0.15) is 0 Å². The van der Waals surface area contributed by atoms with Gasteiger partial charge in [-0.3, -0.25) is 14.2 Å². The Morgan fingerprint density at radius 1 is 1.32 bits per heavy atom. The highest BCUT2D eigenvalue weighted by molar-refractivity contribution is 5.98. The van der Waals surface area contributed by atoms with E-state index in [2.05, 4.69) is 8.12 Å². The van der Waals surface area contributed by atoms with Gasteiger partial charge in [0.15, 0.2) is 0 Å². The zero-order valence-corrected chi connectivity index (χ0v) is 15.7. The molecule has 0 atom stereocenters. The van der Waals surface area contributed by atoms with E-state index in [1.54, 1.807) is 26.0 Å². The van der Waals surface area contributed by atoms with E-state index in [9.17, 15) is 14.7 Å². The molecule has 2 heterocycles. The van der Waals surface area contributed by atoms with Crippen LogP contribution in [0.2, 0.25) is 0 Å². The number of primary amides is 1. The fraction of sp³-hybridized carbons (Fsp3) is 0.263. The molecule has 0 bridgehead atoms. The molecule has 0 saturated carbocycles. The Morgan fingerprint density at radius 3 is 2.57 bits per heavy atom. The van der Waals surface area contributed by atoms with Crippen molar-refractivity contribution < 1.29 is 19.0 Å². The molecule has 1 amide bonds. The van der Waals surface area contributed by atoms with E-state index in [-0.39, 0.29) is 22.7 Å². The van der Waals surface area contributed by atoms with Crippen LogP contribution in [-0.2, 0) is 4.74 Å². The van der Waals surface area contributed by atoms with Gasteiger partial charge in [0.05, 0.1) is 24.5 Å². The highest BCUT2D eigenvalue weighted by Crippen LogP contribution is 2.30. The number of phenolic OH excluding ortho intramolecular Hbond substituents is 1. The summed E-state index contributed by atoms with van der Waals surface area (Å²) in [5.41, 5.74) is 14.2. The molecule has 1 aromatic carbocycles. The second-order valence-electron chi connectivity index (χ2n) is 6.29. The minimum atomic E-state index is -0.722. The van der Waals surface area contributed by atoms with E-state index in [1.165, 1.54) is 10.6 Å². The van der Waals surface area contributed by atoms with Crippen molar-refractivity contribution in [2.24, 2.45) is 5.73 Å². The van der Waals surface area contributed by atoms with Gasteiger partial charge in [0.2, 0.25) is 0 Å². The van der Waals surface area contributed by atoms with Crippen LogP contribution in [0.5, 0.6) is 5.75 Å². The highest BCUT2D eigenvalue weighted by atomic mass is 19.1. The Bertz CT molecular complexity index is 1000. The van der Waals surface area contributed by atoms with E-state index < -0.39 is 5.91 Å². The smallest absolute Gasteiger partial charge is 0.350 e. The van der Waals surface area contributed by atoms with E-state index in [4.69, 9.17) is 20.5 Å². The summed E-state index contributed by atoms with van der Waals surface area (Å²) in [7, 11) is 3.00. The van der Waals surface area contributed by atoms with Crippen molar-refractivity contribution in [2.75, 3.05) is 18.9 Å². The Morgan fingerprint density at radius 2 is 2.00 bits per heavy atom. The zero-order chi connectivity index (χ0) is 21.0. The van der Waals surface area contributed by atoms with Gasteiger partial charge < -0.3 is 25.6 Å². The first-order valence-corrected chi connectivity index (χ1v) is 8.46. The molecule has 1 aromatic heterocycles. The van der Waals surface area contributed by atoms with Crippen LogP contribution in [0.3, 0.4) is 0 Å². The van der Waals surface area contributed by atoms with Crippen LogP contribution in [0.4, 0.5) is 10.1 Å². The summed E-state index contributed by atoms with van der Waals surface area (Å²) >= 11 is 0. The number of aromatic hydroxyl groups is 1. The van der Waals surface area contributed by atoms with Crippen molar-refractivity contribution in [1.29, 1.82) is 0 Å². The molecule has 0 aliphatic carbocycles. The van der Waals surface area contributed by atoms with Crippen LogP contribution >= 0.6 is 0 Å². The number of carbonyl (C=O) groups is 1. The van der Waals surface area contributed by atoms with Crippen molar-refractivity contribution in [3.8, 4) is 11.4 Å². The number of nitrogen functional groups attached to an aromatic ring is 1. The molecule has 9 heteroatoms. The number of nitrogens with two attached hydrogens (primary N) is 2. The summed E-state index contributed by atoms with van der Waals surface area (Å²) < 4.78 is 15.6. The number of benzene rings is 1. The number of hydrogen-bond donors (Lipinski definition) is 3. The second kappa shape index (κ2) is 8.75. The predicted octanol–water partition coefficient (Wildman–Crippen LogP) is 1.68. The lowest BCUT2D eigenvalue weighted by atomic mass is 9.99. The SMILES string of the molecule is Cc1ccc(O)c(C)c1-n1c(N)c(C(N)=O)cc(C2=CCOCC2)c1=O.[B]F. The second-order valence-corrected chi connectivity index (χ2v) is 6.29. The number of anilines is 1. The van der Waals surface area contributed by atoms with Crippen LogP contribution in [0.25, 0.3) is 11.3 Å². The van der Waals surface area contributed by atoms with Crippen LogP contribution in [-0.4, -0.2) is 36.9 Å². The molecule has 7 nitrogen and oxygen atoms in total. The van der Waals surface area contributed by atoms with Gasteiger partial charge in [0.25, 0.3) is 11.5 Å². The largest absolute Gasteiger partial charge is 0.508 e. The number of aromatic nitrogens is 1. The summed E-state index contributed by atoms with van der Waals surface area (Å²) in [5.74, 6) is -0.732. The molecule has 0 saturated heterocycles. The minimum Gasteiger partial charge on any atom is -0.508 e. The lowest BCUT2D eigenvalue weighted by Crippen LogP contribution is -2.30. The number of rotatable bonds is 3. The molecule has 0 fully saturated rings. The number of hydrogen-bond acceptors (Lipinski definition) is 5. The molecular formula is C19H21BFN3O4. The van der Waals surface area contributed by atoms with E-state index in [0.717, 1.165) is 11.1 Å². The zero-order valence-electron chi connectivity index (χ0n) is 15.7. The average Bonchev–Trinajstić information content (AvgIpc) is 2.69. The number of aryl methyl sites for hydroxylation is 1. The predicted molar refractivity (Wildman–Crippen MR) is 106 cm³/mol. The third-order valence-electron chi connectivity index (χ3n) is 4.64. The minimum absolute atomic E-state index is 0.0354. The first-order valence-electron chi connectivity index (χ1n) is 8.46. The standard InChI is InChI=1S/C19H21N3O4.BF/c1-10-3-4-15(23)11(2)16(10)22-17(20)14(18(21)24)9-13(19(22)25)12-5-7-26-8-6-12;1-2/h3-5,9,23H,6-8,20H2,1-2H3,(H2,21,24);. The van der Waals surface area contributed by atoms with Crippen molar-refractivity contribution in [2.45, 2.75) is 20.3 Å². The Labute approximate surface area is 162 Å². The van der Waals surface area contributed by atoms with Crippen LogP contribution in [0.1, 0.15) is 33.5 Å². The van der Waals surface area contributed by atoms with Crippen molar-refractivity contribution in [1.82, 2.24) is 4.57 Å². The molecule has 2 radical (unpaired) electrons. The average molecular weight is 385 g/mol. The third kappa shape index (κ3) is 3.79. The summed E-state index contributed by atoms with van der Waals surface area (Å²) in [6, 6.07) is 4.68. The highest BCUT2D eigenvalue weighted by Gasteiger charge is 2.22. The molecule has 1 aliphatic heterocycles. The van der Waals surface area contributed by atoms with Crippen LogP contribution in [0, 0.1) is 13.8 Å². The number of nitrogens with zero attached hydrogens (tertiary/aromatic N) is 1. The van der Waals surface area contributed by atoms with Crippen LogP contribution < -0.4 is 17.0 Å². The van der Waals surface area contributed by atoms with Crippen molar-refractivity contribution in [3.63, 3.8) is 0 Å². The molecule has 5 N–H and O–H groups in total. The summed E-state index contributed by atoms with van der Waals surface area (Å²) in [4.78, 5) is 25.2. The first-order chi connectivity index (χ1) is 13.3. The number of phenols is 1. The quantitative estimate of drug-likeness (QED) is 0.695. The van der Waals surface area contributed by atoms with Gasteiger partial charge in [-0.05, 0) is 43.5 Å². The molecule has 28 heavy (non-hydrogen) atoms. The van der Waals surface area contributed by atoms with Crippen LogP contribution in [0.15, 0.2) is 29.1 Å². The molecule has 0 spiro atoms. The van der Waals surface area contributed by atoms with Gasteiger partial charge in [-0.25, -0.2) is 0 Å². The fourth-order valence-corrected chi connectivity index (χ4v) is 3.22. The summed E-state index contributed by atoms with van der Waals surface area (Å²) in [6.45, 7) is 4.38. The topological polar surface area (TPSA) is 121 Å². The number of carbonyl (C=O) groups excluding carboxylic acids is 1. The Balaban J connectivity index is 0.00000136. The van der Waals surface area contributed by atoms with Gasteiger partial charge in [-0.15, -0.1) is 0 Å². The first kappa shape index (κ1) is 21.2. The van der Waals surface area contributed by atoms with E-state index >= 15 is 0 Å². The molecular weight excluding hydrogens is 364 g/mol. The van der Waals surface area contributed by atoms with Gasteiger partial charge in [0.1, 0.15) is 11.6 Å². The lowest BCUT2D eigenvalue weighted by Gasteiger charge is -2.21. The monoisotopic (exact) mass is 385 g/mol. The van der Waals surface area contributed by atoms with Gasteiger partial charge >= 0.3 is 8.12 Å². The maximum atomic E-state index is 13.2. The normalized spacial score (nSPS) is 13.3. The third-order valence-corrected chi connectivity index (χ3v) is 4.64. The summed E-state index contributed by atoms with van der Waals surface area (Å²) in [5, 5.41) is 10.1. The van der Waals surface area contributed by atoms with E-state index in [1.807, 2.05) is 6.08 Å². The number of halogens is 1. The van der Waals surface area contributed by atoms with Crippen molar-refractivity contribution >= 4 is 25.4 Å². The fourth-order valence-electron chi connectivity index (χ4n) is 3.22. The van der Waals surface area contributed by atoms with Crippen molar-refractivity contribution in [3.05, 3.63) is 56.9 Å². The molecule has 146 valence electrons. The maximum absolute atomic E-state index is 13.2. The number of pyridine rings is 1. The number of amides is 1. The molecule has 1 aliphatic rings. The molecule has 0 unspecified atom stereocenters.